The molecule has 2 aromatic rings. The van der Waals surface area contributed by atoms with Crippen molar-refractivity contribution < 1.29 is 14.8 Å². The van der Waals surface area contributed by atoms with E-state index in [1.807, 2.05) is 0 Å². The molecule has 6 heteroatoms. The third kappa shape index (κ3) is 2.84. The minimum atomic E-state index is -0.640. The van der Waals surface area contributed by atoms with Crippen molar-refractivity contribution in [2.75, 3.05) is 0 Å². The van der Waals surface area contributed by atoms with E-state index in [0.717, 1.165) is 5.56 Å². The quantitative estimate of drug-likeness (QED) is 0.681. The van der Waals surface area contributed by atoms with E-state index in [2.05, 4.69) is 0 Å². The Morgan fingerprint density at radius 2 is 2.00 bits per heavy atom. The van der Waals surface area contributed by atoms with E-state index in [1.165, 1.54) is 24.3 Å². The van der Waals surface area contributed by atoms with Crippen LogP contribution in [0.25, 0.3) is 0 Å². The fraction of sp³-hybridized carbons (Fsp3) is 0.0714. The number of benzene rings is 2. The van der Waals surface area contributed by atoms with Crippen LogP contribution in [0.2, 0.25) is 0 Å². The molecule has 0 fully saturated rings. The van der Waals surface area contributed by atoms with Crippen molar-refractivity contribution in [1.29, 1.82) is 5.26 Å². The Morgan fingerprint density at radius 3 is 2.60 bits per heavy atom. The number of nitriles is 1. The van der Waals surface area contributed by atoms with Crippen LogP contribution in [0.15, 0.2) is 36.4 Å². The van der Waals surface area contributed by atoms with Crippen LogP contribution in [-0.2, 0) is 0 Å². The van der Waals surface area contributed by atoms with Crippen LogP contribution >= 0.6 is 0 Å². The summed E-state index contributed by atoms with van der Waals surface area (Å²) in [4.78, 5) is 10.2. The Bertz CT molecular complexity index is 699. The lowest BCUT2D eigenvalue weighted by Gasteiger charge is -2.07. The molecule has 2 aromatic carbocycles. The molecule has 0 atom stereocenters. The van der Waals surface area contributed by atoms with Crippen molar-refractivity contribution in [2.45, 2.75) is 6.92 Å². The monoisotopic (exact) mass is 270 g/mol. The molecule has 0 saturated heterocycles. The summed E-state index contributed by atoms with van der Waals surface area (Å²) in [5.74, 6) is 0.630. The normalized spacial score (nSPS) is 9.80. The first-order valence-corrected chi connectivity index (χ1v) is 5.66. The highest BCUT2D eigenvalue weighted by atomic mass is 16.6. The highest BCUT2D eigenvalue weighted by Crippen LogP contribution is 2.30. The number of aryl methyl sites for hydroxylation is 1. The molecule has 20 heavy (non-hydrogen) atoms. The fourth-order valence-corrected chi connectivity index (χ4v) is 1.74. The molecule has 0 amide bonds. The molecule has 0 aliphatic carbocycles. The number of phenols is 1. The van der Waals surface area contributed by atoms with Crippen LogP contribution in [0.1, 0.15) is 11.1 Å². The number of nitrogens with zero attached hydrogens (tertiary/aromatic N) is 2. The number of nitro groups is 1. The number of hydrogen-bond acceptors (Lipinski definition) is 5. The van der Waals surface area contributed by atoms with Crippen molar-refractivity contribution in [1.82, 2.24) is 0 Å². The second kappa shape index (κ2) is 5.28. The van der Waals surface area contributed by atoms with Crippen molar-refractivity contribution in [2.24, 2.45) is 0 Å². The zero-order valence-corrected chi connectivity index (χ0v) is 10.5. The van der Waals surface area contributed by atoms with Crippen LogP contribution < -0.4 is 4.74 Å². The average molecular weight is 270 g/mol. The number of phenolic OH excluding ortho intramolecular Hbond substituents is 1. The van der Waals surface area contributed by atoms with Gasteiger partial charge in [-0.15, -0.1) is 0 Å². The summed E-state index contributed by atoms with van der Waals surface area (Å²) in [7, 11) is 0. The zero-order valence-electron chi connectivity index (χ0n) is 10.5. The maximum absolute atomic E-state index is 10.9. The lowest BCUT2D eigenvalue weighted by molar-refractivity contribution is -0.385. The van der Waals surface area contributed by atoms with E-state index in [4.69, 9.17) is 10.00 Å². The van der Waals surface area contributed by atoms with Gasteiger partial charge in [0.05, 0.1) is 11.0 Å². The molecule has 0 radical (unpaired) electrons. The predicted molar refractivity (Wildman–Crippen MR) is 70.7 cm³/mol. The lowest BCUT2D eigenvalue weighted by atomic mass is 10.2. The Hall–Kier alpha value is -3.07. The molecular weight excluding hydrogens is 260 g/mol. The molecular formula is C14H10N2O4. The standard InChI is InChI=1S/C14H10N2O4/c1-9-4-11(17)6-13(5-9)20-12-3-2-10(8-15)14(7-12)16(18)19/h2-7,17H,1H3. The second-order valence-electron chi connectivity index (χ2n) is 4.15. The summed E-state index contributed by atoms with van der Waals surface area (Å²) in [6.07, 6.45) is 0. The number of ether oxygens (including phenoxy) is 1. The van der Waals surface area contributed by atoms with Gasteiger partial charge in [-0.05, 0) is 36.8 Å². The fourth-order valence-electron chi connectivity index (χ4n) is 1.74. The summed E-state index contributed by atoms with van der Waals surface area (Å²) in [6.45, 7) is 1.79. The van der Waals surface area contributed by atoms with Gasteiger partial charge in [0.1, 0.15) is 28.9 Å². The van der Waals surface area contributed by atoms with Crippen LogP contribution in [0, 0.1) is 28.4 Å². The maximum Gasteiger partial charge on any atom is 0.290 e. The first-order chi connectivity index (χ1) is 9.49. The number of aromatic hydroxyl groups is 1. The topological polar surface area (TPSA) is 96.4 Å². The highest BCUT2D eigenvalue weighted by Gasteiger charge is 2.15. The Balaban J connectivity index is 2.37. The van der Waals surface area contributed by atoms with Crippen LogP contribution in [-0.4, -0.2) is 10.0 Å². The Labute approximate surface area is 114 Å². The van der Waals surface area contributed by atoms with E-state index >= 15 is 0 Å². The van der Waals surface area contributed by atoms with Gasteiger partial charge in [-0.1, -0.05) is 0 Å². The van der Waals surface area contributed by atoms with Gasteiger partial charge in [0.25, 0.3) is 5.69 Å². The number of nitro benzene ring substituents is 1. The van der Waals surface area contributed by atoms with E-state index in [9.17, 15) is 15.2 Å². The van der Waals surface area contributed by atoms with Crippen molar-refractivity contribution in [3.63, 3.8) is 0 Å². The largest absolute Gasteiger partial charge is 0.508 e. The number of hydrogen-bond donors (Lipinski definition) is 1. The van der Waals surface area contributed by atoms with Gasteiger partial charge in [0.2, 0.25) is 0 Å². The maximum atomic E-state index is 10.9. The average Bonchev–Trinajstić information content (AvgIpc) is 2.37. The van der Waals surface area contributed by atoms with E-state index in [0.29, 0.717) is 5.75 Å². The first-order valence-electron chi connectivity index (χ1n) is 5.66. The molecule has 0 aromatic heterocycles. The lowest BCUT2D eigenvalue weighted by Crippen LogP contribution is -1.93. The highest BCUT2D eigenvalue weighted by molar-refractivity contribution is 5.53. The Morgan fingerprint density at radius 1 is 1.25 bits per heavy atom. The van der Waals surface area contributed by atoms with Gasteiger partial charge in [-0.2, -0.15) is 5.26 Å². The van der Waals surface area contributed by atoms with Gasteiger partial charge in [0.15, 0.2) is 0 Å². The summed E-state index contributed by atoms with van der Waals surface area (Å²) >= 11 is 0. The molecule has 0 aliphatic heterocycles. The molecule has 0 spiro atoms. The summed E-state index contributed by atoms with van der Waals surface area (Å²) in [5, 5.41) is 29.1. The van der Waals surface area contributed by atoms with Crippen molar-refractivity contribution in [3.05, 3.63) is 57.6 Å². The van der Waals surface area contributed by atoms with E-state index in [-0.39, 0.29) is 22.7 Å². The SMILES string of the molecule is Cc1cc(O)cc(Oc2ccc(C#N)c([N+](=O)[O-])c2)c1. The van der Waals surface area contributed by atoms with Gasteiger partial charge in [-0.25, -0.2) is 0 Å². The van der Waals surface area contributed by atoms with Crippen LogP contribution in [0.3, 0.4) is 0 Å². The molecule has 2 rings (SSSR count). The minimum Gasteiger partial charge on any atom is -0.508 e. The third-order valence-electron chi connectivity index (χ3n) is 2.56. The minimum absolute atomic E-state index is 0.0329. The van der Waals surface area contributed by atoms with Crippen molar-refractivity contribution in [3.8, 4) is 23.3 Å². The number of rotatable bonds is 3. The van der Waals surface area contributed by atoms with Crippen LogP contribution in [0.5, 0.6) is 17.2 Å². The predicted octanol–water partition coefficient (Wildman–Crippen LogP) is 3.27. The second-order valence-corrected chi connectivity index (χ2v) is 4.15. The van der Waals surface area contributed by atoms with Crippen molar-refractivity contribution >= 4 is 5.69 Å². The smallest absolute Gasteiger partial charge is 0.290 e. The molecule has 0 heterocycles. The molecule has 0 bridgehead atoms. The van der Waals surface area contributed by atoms with Gasteiger partial charge in [-0.3, -0.25) is 10.1 Å². The molecule has 0 unspecified atom stereocenters. The van der Waals surface area contributed by atoms with E-state index in [1.54, 1.807) is 25.1 Å². The first kappa shape index (κ1) is 13.4. The Kier molecular flexibility index (Phi) is 3.53. The molecule has 6 nitrogen and oxygen atoms in total. The van der Waals surface area contributed by atoms with Gasteiger partial charge in [0, 0.05) is 6.07 Å². The summed E-state index contributed by atoms with van der Waals surface area (Å²) in [6, 6.07) is 10.4. The zero-order chi connectivity index (χ0) is 14.7. The van der Waals surface area contributed by atoms with Crippen LogP contribution in [0.4, 0.5) is 5.69 Å². The van der Waals surface area contributed by atoms with Gasteiger partial charge >= 0.3 is 0 Å². The molecule has 100 valence electrons. The third-order valence-corrected chi connectivity index (χ3v) is 2.56. The summed E-state index contributed by atoms with van der Waals surface area (Å²) in [5.41, 5.74) is 0.444. The molecule has 0 aliphatic rings. The van der Waals surface area contributed by atoms with Gasteiger partial charge < -0.3 is 9.84 Å². The summed E-state index contributed by atoms with van der Waals surface area (Å²) < 4.78 is 5.46. The van der Waals surface area contributed by atoms with E-state index < -0.39 is 4.92 Å². The molecule has 1 N–H and O–H groups in total. The molecule has 0 saturated carbocycles.